The van der Waals surface area contributed by atoms with E-state index in [0.717, 1.165) is 12.1 Å². The number of alkyl halides is 5. The van der Waals surface area contributed by atoms with Gasteiger partial charge in [-0.2, -0.15) is 22.0 Å². The molecule has 0 bridgehead atoms. The Labute approximate surface area is 87.3 Å². The predicted octanol–water partition coefficient (Wildman–Crippen LogP) is 2.97. The van der Waals surface area contributed by atoms with Gasteiger partial charge in [-0.3, -0.25) is 0 Å². The minimum atomic E-state index is -5.67. The Morgan fingerprint density at radius 2 is 1.62 bits per heavy atom. The highest BCUT2D eigenvalue weighted by atomic mass is 19.4. The summed E-state index contributed by atoms with van der Waals surface area (Å²) in [5, 5.41) is 9.06. The fraction of sp³-hybridized carbons (Fsp3) is 0.333. The normalized spacial score (nSPS) is 12.6. The first-order valence-corrected chi connectivity index (χ1v) is 4.09. The number of hydrogen-bond acceptors (Lipinski definition) is 2. The highest BCUT2D eigenvalue weighted by Gasteiger charge is 2.58. The lowest BCUT2D eigenvalue weighted by atomic mass is 10.3. The third-order valence-electron chi connectivity index (χ3n) is 1.69. The van der Waals surface area contributed by atoms with Crippen molar-refractivity contribution in [2.45, 2.75) is 12.1 Å². The molecule has 0 heterocycles. The molecule has 0 aromatic heterocycles. The fourth-order valence-electron chi connectivity index (χ4n) is 0.829. The van der Waals surface area contributed by atoms with E-state index in [1.807, 2.05) is 0 Å². The number of ether oxygens (including phenoxy) is 1. The molecule has 0 radical (unpaired) electrons. The van der Waals surface area contributed by atoms with Crippen molar-refractivity contribution < 1.29 is 31.8 Å². The molecule has 0 spiro atoms. The van der Waals surface area contributed by atoms with E-state index in [4.69, 9.17) is 5.11 Å². The second-order valence-corrected chi connectivity index (χ2v) is 2.96. The van der Waals surface area contributed by atoms with Gasteiger partial charge in [0.2, 0.25) is 0 Å². The van der Waals surface area contributed by atoms with Crippen molar-refractivity contribution in [1.29, 1.82) is 0 Å². The van der Waals surface area contributed by atoms with Gasteiger partial charge in [-0.05, 0) is 12.1 Å². The summed E-state index contributed by atoms with van der Waals surface area (Å²) in [5.74, 6) is -5.87. The topological polar surface area (TPSA) is 29.5 Å². The van der Waals surface area contributed by atoms with E-state index in [1.165, 1.54) is 12.1 Å². The third kappa shape index (κ3) is 2.74. The van der Waals surface area contributed by atoms with Crippen molar-refractivity contribution >= 4 is 0 Å². The molecule has 1 aromatic rings. The number of hydrogen-bond donors (Lipinski definition) is 1. The SMILES string of the molecule is Oc1ccccc1OCC(F)(F)C(F)(F)F. The van der Waals surface area contributed by atoms with Crippen LogP contribution in [0.4, 0.5) is 22.0 Å². The number of para-hydroxylation sites is 2. The van der Waals surface area contributed by atoms with Gasteiger partial charge in [-0.25, -0.2) is 0 Å². The Bertz CT molecular complexity index is 361. The van der Waals surface area contributed by atoms with E-state index in [-0.39, 0.29) is 0 Å². The molecule has 1 N–H and O–H groups in total. The van der Waals surface area contributed by atoms with Gasteiger partial charge in [0, 0.05) is 0 Å². The summed E-state index contributed by atoms with van der Waals surface area (Å²) in [4.78, 5) is 0. The van der Waals surface area contributed by atoms with Crippen LogP contribution in [0.3, 0.4) is 0 Å². The molecule has 0 aliphatic carbocycles. The van der Waals surface area contributed by atoms with Gasteiger partial charge in [-0.15, -0.1) is 0 Å². The average Bonchev–Trinajstić information content (AvgIpc) is 2.15. The largest absolute Gasteiger partial charge is 0.504 e. The zero-order valence-electron chi connectivity index (χ0n) is 7.76. The van der Waals surface area contributed by atoms with Crippen LogP contribution >= 0.6 is 0 Å². The van der Waals surface area contributed by atoms with E-state index < -0.39 is 30.2 Å². The Hall–Kier alpha value is -1.53. The van der Waals surface area contributed by atoms with Crippen LogP contribution in [-0.2, 0) is 0 Å². The summed E-state index contributed by atoms with van der Waals surface area (Å²) in [7, 11) is 0. The van der Waals surface area contributed by atoms with Gasteiger partial charge in [0.15, 0.2) is 18.1 Å². The molecular formula is C9H7F5O2. The van der Waals surface area contributed by atoms with Crippen LogP contribution in [-0.4, -0.2) is 23.8 Å². The van der Waals surface area contributed by atoms with Gasteiger partial charge in [0.1, 0.15) is 0 Å². The van der Waals surface area contributed by atoms with Crippen molar-refractivity contribution in [1.82, 2.24) is 0 Å². The third-order valence-corrected chi connectivity index (χ3v) is 1.69. The van der Waals surface area contributed by atoms with Crippen LogP contribution in [0.1, 0.15) is 0 Å². The maximum atomic E-state index is 12.4. The van der Waals surface area contributed by atoms with Gasteiger partial charge in [0.25, 0.3) is 0 Å². The first-order chi connectivity index (χ1) is 7.24. The molecule has 0 saturated heterocycles. The minimum absolute atomic E-state index is 0.425. The van der Waals surface area contributed by atoms with Gasteiger partial charge in [-0.1, -0.05) is 12.1 Å². The summed E-state index contributed by atoms with van der Waals surface area (Å²) in [6.45, 7) is -1.87. The molecule has 1 aromatic carbocycles. The van der Waals surface area contributed by atoms with Gasteiger partial charge < -0.3 is 9.84 Å². The molecule has 0 atom stereocenters. The van der Waals surface area contributed by atoms with Crippen LogP contribution in [0, 0.1) is 0 Å². The Morgan fingerprint density at radius 3 is 2.12 bits per heavy atom. The van der Waals surface area contributed by atoms with E-state index >= 15 is 0 Å². The zero-order valence-corrected chi connectivity index (χ0v) is 7.76. The molecule has 90 valence electrons. The molecule has 1 rings (SSSR count). The van der Waals surface area contributed by atoms with E-state index in [2.05, 4.69) is 4.74 Å². The van der Waals surface area contributed by atoms with Crippen LogP contribution < -0.4 is 4.74 Å². The van der Waals surface area contributed by atoms with Gasteiger partial charge >= 0.3 is 12.1 Å². The molecule has 0 fully saturated rings. The van der Waals surface area contributed by atoms with Crippen molar-refractivity contribution in [3.63, 3.8) is 0 Å². The average molecular weight is 242 g/mol. The number of benzene rings is 1. The number of phenolic OH excluding ortho intramolecular Hbond substituents is 1. The first kappa shape index (κ1) is 12.5. The number of rotatable bonds is 3. The summed E-state index contributed by atoms with van der Waals surface area (Å²) in [5.41, 5.74) is 0. The second-order valence-electron chi connectivity index (χ2n) is 2.96. The van der Waals surface area contributed by atoms with Crippen LogP contribution in [0.15, 0.2) is 24.3 Å². The van der Waals surface area contributed by atoms with E-state index in [1.54, 1.807) is 0 Å². The maximum Gasteiger partial charge on any atom is 0.456 e. The summed E-state index contributed by atoms with van der Waals surface area (Å²) in [6.07, 6.45) is -5.67. The number of halogens is 5. The number of phenols is 1. The van der Waals surface area contributed by atoms with Crippen LogP contribution in [0.5, 0.6) is 11.5 Å². The standard InChI is InChI=1S/C9H7F5O2/c10-8(11,9(12,13)14)5-16-7-4-2-1-3-6(7)15/h1-4,15H,5H2. The Kier molecular flexibility index (Phi) is 3.25. The smallest absolute Gasteiger partial charge is 0.456 e. The van der Waals surface area contributed by atoms with Crippen LogP contribution in [0.25, 0.3) is 0 Å². The Balaban J connectivity index is 2.69. The van der Waals surface area contributed by atoms with Crippen LogP contribution in [0.2, 0.25) is 0 Å². The highest BCUT2D eigenvalue weighted by Crippen LogP contribution is 2.36. The molecule has 0 saturated carbocycles. The van der Waals surface area contributed by atoms with Crippen molar-refractivity contribution in [2.24, 2.45) is 0 Å². The maximum absolute atomic E-state index is 12.4. The van der Waals surface area contributed by atoms with Crippen molar-refractivity contribution in [3.8, 4) is 11.5 Å². The minimum Gasteiger partial charge on any atom is -0.504 e. The molecular weight excluding hydrogens is 235 g/mol. The summed E-state index contributed by atoms with van der Waals surface area (Å²) >= 11 is 0. The molecule has 7 heteroatoms. The van der Waals surface area contributed by atoms with Crippen molar-refractivity contribution in [2.75, 3.05) is 6.61 Å². The second kappa shape index (κ2) is 4.15. The van der Waals surface area contributed by atoms with Crippen molar-refractivity contribution in [3.05, 3.63) is 24.3 Å². The van der Waals surface area contributed by atoms with E-state index in [0.29, 0.717) is 0 Å². The predicted molar refractivity (Wildman–Crippen MR) is 44.6 cm³/mol. The molecule has 0 aliphatic heterocycles. The summed E-state index contributed by atoms with van der Waals surface area (Å²) < 4.78 is 64.3. The summed E-state index contributed by atoms with van der Waals surface area (Å²) in [6, 6.07) is 4.91. The number of aromatic hydroxyl groups is 1. The molecule has 0 unspecified atom stereocenters. The molecule has 0 amide bonds. The van der Waals surface area contributed by atoms with Gasteiger partial charge in [0.05, 0.1) is 0 Å². The zero-order chi connectivity index (χ0) is 12.4. The molecule has 2 nitrogen and oxygen atoms in total. The van der Waals surface area contributed by atoms with E-state index in [9.17, 15) is 22.0 Å². The fourth-order valence-corrected chi connectivity index (χ4v) is 0.829. The lowest BCUT2D eigenvalue weighted by molar-refractivity contribution is -0.290. The Morgan fingerprint density at radius 1 is 1.06 bits per heavy atom. The quantitative estimate of drug-likeness (QED) is 0.825. The lowest BCUT2D eigenvalue weighted by Crippen LogP contribution is -2.41. The monoisotopic (exact) mass is 242 g/mol. The highest BCUT2D eigenvalue weighted by molar-refractivity contribution is 5.37. The molecule has 0 aliphatic rings. The molecule has 16 heavy (non-hydrogen) atoms. The lowest BCUT2D eigenvalue weighted by Gasteiger charge is -2.19. The first-order valence-electron chi connectivity index (χ1n) is 4.09.